The van der Waals surface area contributed by atoms with Crippen molar-refractivity contribution < 1.29 is 23.5 Å². The zero-order chi connectivity index (χ0) is 23.3. The Hall–Kier alpha value is -3.41. The van der Waals surface area contributed by atoms with E-state index in [1.165, 1.54) is 12.1 Å². The van der Waals surface area contributed by atoms with E-state index in [1.807, 2.05) is 0 Å². The minimum atomic E-state index is -1.05. The van der Waals surface area contributed by atoms with Crippen molar-refractivity contribution in [2.24, 2.45) is 0 Å². The molecule has 4 amide bonds. The first kappa shape index (κ1) is 23.3. The average Bonchev–Trinajstić information content (AvgIpc) is 3.25. The molecule has 0 aliphatic carbocycles. The van der Waals surface area contributed by atoms with E-state index in [9.17, 15) is 18.8 Å². The molecule has 2 aromatic rings. The number of hydrogen-bond donors (Lipinski definition) is 2. The van der Waals surface area contributed by atoms with Crippen LogP contribution < -0.4 is 15.5 Å². The van der Waals surface area contributed by atoms with Gasteiger partial charge in [-0.2, -0.15) is 5.01 Å². The van der Waals surface area contributed by atoms with Gasteiger partial charge in [-0.1, -0.05) is 36.9 Å². The third kappa shape index (κ3) is 4.90. The lowest BCUT2D eigenvalue weighted by Crippen LogP contribution is -2.49. The van der Waals surface area contributed by atoms with E-state index in [2.05, 4.69) is 27.5 Å². The zero-order valence-electron chi connectivity index (χ0n) is 17.6. The van der Waals surface area contributed by atoms with Crippen molar-refractivity contribution in [3.63, 3.8) is 0 Å². The predicted molar refractivity (Wildman–Crippen MR) is 114 cm³/mol. The van der Waals surface area contributed by atoms with Crippen LogP contribution in [-0.2, 0) is 22.7 Å². The van der Waals surface area contributed by atoms with Gasteiger partial charge in [0.15, 0.2) is 22.5 Å². The number of imide groups is 1. The summed E-state index contributed by atoms with van der Waals surface area (Å²) in [6.07, 6.45) is 2.01. The third-order valence-electron chi connectivity index (χ3n) is 4.84. The highest BCUT2D eigenvalue weighted by Crippen LogP contribution is 2.22. The Morgan fingerprint density at radius 2 is 2.12 bits per heavy atom. The van der Waals surface area contributed by atoms with Crippen LogP contribution in [0.5, 0.6) is 5.75 Å². The van der Waals surface area contributed by atoms with Crippen LogP contribution in [0.1, 0.15) is 26.1 Å². The lowest BCUT2D eigenvalue weighted by molar-refractivity contribution is -0.137. The SMILES string of the molecule is C=CCn1c(COc2ccccc2F)nnc1SCC(=O)NN1C(=O)NC(C)(CC)C1=O. The highest BCUT2D eigenvalue weighted by molar-refractivity contribution is 7.99. The Bertz CT molecular complexity index is 1040. The Morgan fingerprint density at radius 3 is 2.78 bits per heavy atom. The summed E-state index contributed by atoms with van der Waals surface area (Å²) in [7, 11) is 0. The van der Waals surface area contributed by atoms with Crippen molar-refractivity contribution in [1.82, 2.24) is 30.5 Å². The van der Waals surface area contributed by atoms with Crippen molar-refractivity contribution >= 4 is 29.6 Å². The van der Waals surface area contributed by atoms with Gasteiger partial charge in [0.2, 0.25) is 5.91 Å². The summed E-state index contributed by atoms with van der Waals surface area (Å²) < 4.78 is 20.9. The minimum absolute atomic E-state index is 0.0351. The summed E-state index contributed by atoms with van der Waals surface area (Å²) in [5, 5.41) is 11.8. The summed E-state index contributed by atoms with van der Waals surface area (Å²) in [6.45, 7) is 7.36. The fraction of sp³-hybridized carbons (Fsp3) is 0.350. The molecule has 1 fully saturated rings. The number of amides is 4. The van der Waals surface area contributed by atoms with E-state index in [0.29, 0.717) is 29.0 Å². The second kappa shape index (κ2) is 9.81. The molecule has 12 heteroatoms. The molecule has 0 bridgehead atoms. The summed E-state index contributed by atoms with van der Waals surface area (Å²) in [4.78, 5) is 36.7. The van der Waals surface area contributed by atoms with Crippen LogP contribution in [0.25, 0.3) is 0 Å². The smallest absolute Gasteiger partial charge is 0.344 e. The van der Waals surface area contributed by atoms with Crippen molar-refractivity contribution in [2.45, 2.75) is 44.1 Å². The molecule has 0 saturated carbocycles. The standard InChI is InChI=1S/C20H23FN6O4S/c1-4-10-26-15(11-31-14-9-7-6-8-13(14)21)23-24-19(26)32-12-16(28)25-27-17(29)20(3,5-2)22-18(27)30/h4,6-9H,1,5,10-12H2,2-3H3,(H,22,30)(H,25,28). The zero-order valence-corrected chi connectivity index (χ0v) is 18.4. The van der Waals surface area contributed by atoms with Gasteiger partial charge in [0.25, 0.3) is 5.91 Å². The van der Waals surface area contributed by atoms with Gasteiger partial charge in [-0.05, 0) is 25.5 Å². The van der Waals surface area contributed by atoms with E-state index >= 15 is 0 Å². The van der Waals surface area contributed by atoms with E-state index in [4.69, 9.17) is 4.74 Å². The molecule has 1 aromatic carbocycles. The maximum atomic E-state index is 13.8. The van der Waals surface area contributed by atoms with Crippen LogP contribution in [-0.4, -0.2) is 48.9 Å². The summed E-state index contributed by atoms with van der Waals surface area (Å²) in [5.41, 5.74) is 1.27. The number of nitrogens with zero attached hydrogens (tertiary/aromatic N) is 4. The Kier molecular flexibility index (Phi) is 7.13. The van der Waals surface area contributed by atoms with Crippen LogP contribution in [0.4, 0.5) is 9.18 Å². The molecule has 3 rings (SSSR count). The van der Waals surface area contributed by atoms with Crippen LogP contribution in [0.2, 0.25) is 0 Å². The number of allylic oxidation sites excluding steroid dienone is 1. The molecule has 0 spiro atoms. The molecule has 170 valence electrons. The summed E-state index contributed by atoms with van der Waals surface area (Å²) in [5.74, 6) is -1.19. The largest absolute Gasteiger partial charge is 0.483 e. The van der Waals surface area contributed by atoms with Crippen LogP contribution in [0, 0.1) is 5.82 Å². The molecule has 32 heavy (non-hydrogen) atoms. The quantitative estimate of drug-likeness (QED) is 0.315. The van der Waals surface area contributed by atoms with E-state index in [0.717, 1.165) is 11.8 Å². The van der Waals surface area contributed by atoms with Crippen LogP contribution >= 0.6 is 11.8 Å². The fourth-order valence-corrected chi connectivity index (χ4v) is 3.62. The lowest BCUT2D eigenvalue weighted by atomic mass is 10.00. The number of para-hydroxylation sites is 1. The number of benzene rings is 1. The van der Waals surface area contributed by atoms with Gasteiger partial charge in [0, 0.05) is 6.54 Å². The fourth-order valence-electron chi connectivity index (χ4n) is 2.86. The predicted octanol–water partition coefficient (Wildman–Crippen LogP) is 2.03. The topological polar surface area (TPSA) is 118 Å². The number of halogens is 1. The number of aromatic nitrogens is 3. The number of nitrogens with one attached hydrogen (secondary N) is 2. The number of hydrogen-bond acceptors (Lipinski definition) is 7. The Morgan fingerprint density at radius 1 is 1.38 bits per heavy atom. The molecule has 1 atom stereocenters. The number of thioether (sulfide) groups is 1. The molecule has 10 nitrogen and oxygen atoms in total. The lowest BCUT2D eigenvalue weighted by Gasteiger charge is -2.19. The maximum Gasteiger partial charge on any atom is 0.344 e. The van der Waals surface area contributed by atoms with Gasteiger partial charge in [0.05, 0.1) is 5.75 Å². The number of rotatable bonds is 10. The van der Waals surface area contributed by atoms with Crippen molar-refractivity contribution in [3.8, 4) is 5.75 Å². The van der Waals surface area contributed by atoms with Crippen molar-refractivity contribution in [2.75, 3.05) is 5.75 Å². The third-order valence-corrected chi connectivity index (χ3v) is 5.80. The number of ether oxygens (including phenoxy) is 1. The average molecular weight is 463 g/mol. The highest BCUT2D eigenvalue weighted by Gasteiger charge is 2.47. The monoisotopic (exact) mass is 462 g/mol. The second-order valence-electron chi connectivity index (χ2n) is 7.10. The van der Waals surface area contributed by atoms with Crippen molar-refractivity contribution in [3.05, 3.63) is 48.6 Å². The van der Waals surface area contributed by atoms with E-state index in [1.54, 1.807) is 36.6 Å². The summed E-state index contributed by atoms with van der Waals surface area (Å²) in [6, 6.07) is 5.33. The second-order valence-corrected chi connectivity index (χ2v) is 8.04. The van der Waals surface area contributed by atoms with Gasteiger partial charge < -0.3 is 10.1 Å². The first-order valence-electron chi connectivity index (χ1n) is 9.78. The highest BCUT2D eigenvalue weighted by atomic mass is 32.2. The molecular weight excluding hydrogens is 439 g/mol. The number of hydrazine groups is 1. The minimum Gasteiger partial charge on any atom is -0.483 e. The van der Waals surface area contributed by atoms with Crippen LogP contribution in [0.3, 0.4) is 0 Å². The summed E-state index contributed by atoms with van der Waals surface area (Å²) >= 11 is 1.06. The van der Waals surface area contributed by atoms with Gasteiger partial charge in [-0.25, -0.2) is 9.18 Å². The van der Waals surface area contributed by atoms with Gasteiger partial charge in [0.1, 0.15) is 12.1 Å². The number of carbonyl (C=O) groups excluding carboxylic acids is 3. The van der Waals surface area contributed by atoms with Crippen LogP contribution in [0.15, 0.2) is 42.1 Å². The molecule has 0 radical (unpaired) electrons. The van der Waals surface area contributed by atoms with Gasteiger partial charge >= 0.3 is 6.03 Å². The molecular formula is C20H23FN6O4S. The van der Waals surface area contributed by atoms with E-state index in [-0.39, 0.29) is 18.1 Å². The molecule has 2 N–H and O–H groups in total. The maximum absolute atomic E-state index is 13.8. The molecule has 1 aromatic heterocycles. The Labute approximate surface area is 188 Å². The molecule has 1 saturated heterocycles. The molecule has 1 aliphatic heterocycles. The van der Waals surface area contributed by atoms with E-state index < -0.39 is 29.2 Å². The molecule has 2 heterocycles. The number of urea groups is 1. The molecule has 1 aliphatic rings. The number of carbonyl (C=O) groups is 3. The van der Waals surface area contributed by atoms with Gasteiger partial charge in [-0.3, -0.25) is 19.6 Å². The normalized spacial score (nSPS) is 17.9. The molecule has 1 unspecified atom stereocenters. The first-order valence-corrected chi connectivity index (χ1v) is 10.8. The van der Waals surface area contributed by atoms with Crippen molar-refractivity contribution in [1.29, 1.82) is 0 Å². The Balaban J connectivity index is 1.62. The van der Waals surface area contributed by atoms with Gasteiger partial charge in [-0.15, -0.1) is 16.8 Å². The first-order chi connectivity index (χ1) is 15.3.